The molecule has 0 fully saturated rings. The molecule has 38 heavy (non-hydrogen) atoms. The van der Waals surface area contributed by atoms with Gasteiger partial charge in [-0.25, -0.2) is 4.39 Å². The van der Waals surface area contributed by atoms with E-state index in [2.05, 4.69) is 5.32 Å². The van der Waals surface area contributed by atoms with Gasteiger partial charge in [-0.3, -0.25) is 9.59 Å². The summed E-state index contributed by atoms with van der Waals surface area (Å²) >= 11 is 0. The van der Waals surface area contributed by atoms with Gasteiger partial charge in [0.25, 0.3) is 5.91 Å². The Bertz CT molecular complexity index is 1500. The molecule has 2 atom stereocenters. The van der Waals surface area contributed by atoms with Crippen LogP contribution in [-0.4, -0.2) is 41.5 Å². The van der Waals surface area contributed by atoms with Gasteiger partial charge in [0, 0.05) is 62.1 Å². The van der Waals surface area contributed by atoms with Crippen molar-refractivity contribution in [3.8, 4) is 0 Å². The van der Waals surface area contributed by atoms with E-state index >= 15 is 0 Å². The maximum atomic E-state index is 14.1. The zero-order valence-corrected chi connectivity index (χ0v) is 21.9. The maximum Gasteiger partial charge on any atom is 0.254 e. The Hall–Kier alpha value is -3.97. The van der Waals surface area contributed by atoms with Crippen LogP contribution in [-0.2, 0) is 23.1 Å². The molecule has 2 amide bonds. The lowest BCUT2D eigenvalue weighted by Gasteiger charge is -2.41. The quantitative estimate of drug-likeness (QED) is 0.327. The zero-order valence-electron chi connectivity index (χ0n) is 21.9. The van der Waals surface area contributed by atoms with Crippen LogP contribution in [0.5, 0.6) is 0 Å². The summed E-state index contributed by atoms with van der Waals surface area (Å²) in [5.41, 5.74) is 4.84. The van der Waals surface area contributed by atoms with Crippen molar-refractivity contribution in [2.45, 2.75) is 31.8 Å². The first-order chi connectivity index (χ1) is 18.4. The normalized spacial score (nSPS) is 17.1. The van der Waals surface area contributed by atoms with Crippen molar-refractivity contribution in [1.82, 2.24) is 14.8 Å². The lowest BCUT2D eigenvalue weighted by Crippen LogP contribution is -2.47. The van der Waals surface area contributed by atoms with Crippen LogP contribution in [0.3, 0.4) is 0 Å². The highest BCUT2D eigenvalue weighted by Crippen LogP contribution is 2.45. The van der Waals surface area contributed by atoms with E-state index in [1.54, 1.807) is 19.2 Å². The molecule has 2 heterocycles. The van der Waals surface area contributed by atoms with Crippen LogP contribution < -0.4 is 5.32 Å². The molecule has 0 bridgehead atoms. The number of amides is 2. The minimum absolute atomic E-state index is 0.0898. The van der Waals surface area contributed by atoms with Crippen molar-refractivity contribution in [2.75, 3.05) is 20.3 Å². The summed E-state index contributed by atoms with van der Waals surface area (Å²) in [6, 6.07) is 19.5. The lowest BCUT2D eigenvalue weighted by molar-refractivity contribution is -0.124. The third-order valence-corrected chi connectivity index (χ3v) is 7.47. The Kier molecular flexibility index (Phi) is 7.29. The summed E-state index contributed by atoms with van der Waals surface area (Å²) in [5.74, 6) is -1.20. The SMILES string of the molecule is COCCCN1C(=O)c2ccccc2C(C(=O)NCc2ccc(F)cc2C)C1c1cn(C)c2ccccc12. The summed E-state index contributed by atoms with van der Waals surface area (Å²) in [4.78, 5) is 29.8. The number of fused-ring (bicyclic) bond motifs is 2. The molecular formula is C31H32FN3O3. The largest absolute Gasteiger partial charge is 0.385 e. The molecule has 3 aromatic carbocycles. The van der Waals surface area contributed by atoms with Crippen molar-refractivity contribution in [3.05, 3.63) is 107 Å². The van der Waals surface area contributed by atoms with Crippen LogP contribution >= 0.6 is 0 Å². The summed E-state index contributed by atoms with van der Waals surface area (Å²) < 4.78 is 21.0. The first-order valence-corrected chi connectivity index (χ1v) is 12.9. The van der Waals surface area contributed by atoms with Crippen molar-refractivity contribution in [3.63, 3.8) is 0 Å². The number of para-hydroxylation sites is 1. The number of halogens is 1. The van der Waals surface area contributed by atoms with Crippen LogP contribution in [0.2, 0.25) is 0 Å². The van der Waals surface area contributed by atoms with Gasteiger partial charge < -0.3 is 19.5 Å². The number of carbonyl (C=O) groups is 2. The highest BCUT2D eigenvalue weighted by Gasteiger charge is 2.44. The van der Waals surface area contributed by atoms with Crippen LogP contribution in [0.25, 0.3) is 10.9 Å². The fourth-order valence-corrected chi connectivity index (χ4v) is 5.60. The van der Waals surface area contributed by atoms with Gasteiger partial charge in [0.2, 0.25) is 5.91 Å². The number of hydrogen-bond acceptors (Lipinski definition) is 3. The molecule has 0 saturated heterocycles. The Morgan fingerprint density at radius 3 is 2.61 bits per heavy atom. The number of nitrogens with one attached hydrogen (secondary N) is 1. The monoisotopic (exact) mass is 513 g/mol. The summed E-state index contributed by atoms with van der Waals surface area (Å²) in [6.45, 7) is 3.06. The molecule has 1 N–H and O–H groups in total. The first kappa shape index (κ1) is 25.7. The van der Waals surface area contributed by atoms with Gasteiger partial charge in [0.1, 0.15) is 5.82 Å². The summed E-state index contributed by atoms with van der Waals surface area (Å²) in [7, 11) is 3.62. The maximum absolute atomic E-state index is 14.1. The van der Waals surface area contributed by atoms with E-state index < -0.39 is 12.0 Å². The van der Waals surface area contributed by atoms with Crippen LogP contribution in [0.1, 0.15) is 51.0 Å². The number of hydrogen-bond donors (Lipinski definition) is 1. The molecule has 1 aliphatic heterocycles. The Morgan fingerprint density at radius 2 is 1.82 bits per heavy atom. The summed E-state index contributed by atoms with van der Waals surface area (Å²) in [5, 5.41) is 4.11. The van der Waals surface area contributed by atoms with Gasteiger partial charge in [-0.1, -0.05) is 42.5 Å². The van der Waals surface area contributed by atoms with E-state index in [1.165, 1.54) is 12.1 Å². The molecule has 4 aromatic rings. The molecule has 5 rings (SSSR count). The molecule has 196 valence electrons. The molecule has 2 unspecified atom stereocenters. The van der Waals surface area contributed by atoms with Gasteiger partial charge >= 0.3 is 0 Å². The Morgan fingerprint density at radius 1 is 1.05 bits per heavy atom. The van der Waals surface area contributed by atoms with Gasteiger partial charge in [0.05, 0.1) is 12.0 Å². The van der Waals surface area contributed by atoms with Crippen molar-refractivity contribution < 1.29 is 18.7 Å². The standard InChI is InChI=1S/C31H32FN3O3/c1-20-17-22(32)14-13-21(20)18-33-30(36)28-24-10-4-5-11-25(24)31(37)35(15-8-16-38-3)29(28)26-19-34(2)27-12-7-6-9-23(26)27/h4-7,9-14,17,19,28-29H,8,15-16,18H2,1-3H3,(H,33,36). The average Bonchev–Trinajstić information content (AvgIpc) is 3.25. The van der Waals surface area contributed by atoms with Gasteiger partial charge in [-0.2, -0.15) is 0 Å². The number of nitrogens with zero attached hydrogens (tertiary/aromatic N) is 2. The topological polar surface area (TPSA) is 63.6 Å². The number of ether oxygens (including phenoxy) is 1. The van der Waals surface area contributed by atoms with E-state index in [9.17, 15) is 14.0 Å². The molecule has 0 radical (unpaired) electrons. The second kappa shape index (κ2) is 10.8. The van der Waals surface area contributed by atoms with E-state index in [-0.39, 0.29) is 24.2 Å². The zero-order chi connectivity index (χ0) is 26.8. The van der Waals surface area contributed by atoms with E-state index in [4.69, 9.17) is 4.74 Å². The molecule has 0 aliphatic carbocycles. The molecule has 0 saturated carbocycles. The Labute approximate surface area is 222 Å². The molecule has 1 aromatic heterocycles. The van der Waals surface area contributed by atoms with E-state index in [0.717, 1.165) is 27.6 Å². The predicted molar refractivity (Wildman–Crippen MR) is 145 cm³/mol. The predicted octanol–water partition coefficient (Wildman–Crippen LogP) is 5.26. The molecule has 1 aliphatic rings. The second-order valence-corrected chi connectivity index (χ2v) is 9.86. The number of rotatable bonds is 8. The third kappa shape index (κ3) is 4.70. The lowest BCUT2D eigenvalue weighted by atomic mass is 9.79. The fourth-order valence-electron chi connectivity index (χ4n) is 5.60. The van der Waals surface area contributed by atoms with Gasteiger partial charge in [0.15, 0.2) is 0 Å². The third-order valence-electron chi connectivity index (χ3n) is 7.47. The van der Waals surface area contributed by atoms with Crippen LogP contribution in [0.4, 0.5) is 4.39 Å². The number of benzene rings is 3. The molecule has 6 nitrogen and oxygen atoms in total. The first-order valence-electron chi connectivity index (χ1n) is 12.9. The molecular weight excluding hydrogens is 481 g/mol. The minimum atomic E-state index is -0.627. The van der Waals surface area contributed by atoms with Crippen LogP contribution in [0, 0.1) is 12.7 Å². The highest BCUT2D eigenvalue weighted by atomic mass is 19.1. The van der Waals surface area contributed by atoms with Gasteiger partial charge in [-0.15, -0.1) is 0 Å². The fraction of sp³-hybridized carbons (Fsp3) is 0.290. The number of carbonyl (C=O) groups excluding carboxylic acids is 2. The van der Waals surface area contributed by atoms with Crippen LogP contribution in [0.15, 0.2) is 72.9 Å². The summed E-state index contributed by atoms with van der Waals surface area (Å²) in [6.07, 6.45) is 2.68. The second-order valence-electron chi connectivity index (χ2n) is 9.86. The molecule has 7 heteroatoms. The van der Waals surface area contributed by atoms with E-state index in [1.807, 2.05) is 72.1 Å². The molecule has 0 spiro atoms. The number of aromatic nitrogens is 1. The van der Waals surface area contributed by atoms with Gasteiger partial charge in [-0.05, 0) is 54.3 Å². The Balaban J connectivity index is 1.61. The van der Waals surface area contributed by atoms with Crippen molar-refractivity contribution in [1.29, 1.82) is 0 Å². The average molecular weight is 514 g/mol. The highest BCUT2D eigenvalue weighted by molar-refractivity contribution is 6.02. The van der Waals surface area contributed by atoms with Crippen molar-refractivity contribution in [2.24, 2.45) is 7.05 Å². The number of aryl methyl sites for hydroxylation is 2. The number of methoxy groups -OCH3 is 1. The minimum Gasteiger partial charge on any atom is -0.385 e. The van der Waals surface area contributed by atoms with E-state index in [0.29, 0.717) is 30.7 Å². The smallest absolute Gasteiger partial charge is 0.254 e. The van der Waals surface area contributed by atoms with Crippen molar-refractivity contribution >= 4 is 22.7 Å².